The molecule has 338 valence electrons. The molecule has 0 rings (SSSR count). The van der Waals surface area contributed by atoms with Crippen molar-refractivity contribution in [2.45, 2.75) is 253 Å². The summed E-state index contributed by atoms with van der Waals surface area (Å²) in [6.07, 6.45) is 45.0. The lowest BCUT2D eigenvalue weighted by Gasteiger charge is -2.32. The topological polar surface area (TPSA) is 34.2 Å². The predicted molar refractivity (Wildman–Crippen MR) is 256 cm³/mol. The van der Waals surface area contributed by atoms with Gasteiger partial charge in [-0.2, -0.15) is 12.6 Å². The summed E-state index contributed by atoms with van der Waals surface area (Å²) in [6.45, 7) is 20.2. The molecule has 0 saturated heterocycles. The van der Waals surface area contributed by atoms with Gasteiger partial charge in [0.05, 0.1) is 13.2 Å². The van der Waals surface area contributed by atoms with Crippen LogP contribution in [-0.2, 0) is 13.3 Å². The molecule has 0 heterocycles. The molecule has 0 unspecified atom stereocenters. The zero-order valence-electron chi connectivity index (χ0n) is 39.2. The summed E-state index contributed by atoms with van der Waals surface area (Å²) in [6, 6.07) is 0.871. The maximum Gasteiger partial charge on any atom is 0.501 e. The molecule has 0 aromatic heterocycles. The van der Waals surface area contributed by atoms with Gasteiger partial charge in [0.2, 0.25) is 0 Å². The molecule has 7 heteroatoms. The summed E-state index contributed by atoms with van der Waals surface area (Å²) < 4.78 is 20.2. The monoisotopic (exact) mass is 829 g/mol. The van der Waals surface area contributed by atoms with E-state index >= 15 is 0 Å². The fraction of sp³-hybridized carbons (Fsp3) is 1.00. The lowest BCUT2D eigenvalue weighted by Crippen LogP contribution is -2.49. The summed E-state index contributed by atoms with van der Waals surface area (Å²) in [5, 5.41) is 0. The highest BCUT2D eigenvalue weighted by atomic mass is 32.1. The first kappa shape index (κ1) is 56.4. The van der Waals surface area contributed by atoms with E-state index < -0.39 is 8.80 Å². The fourth-order valence-corrected chi connectivity index (χ4v) is 11.1. The van der Waals surface area contributed by atoms with Crippen molar-refractivity contribution in [3.05, 3.63) is 0 Å². The Bertz CT molecular complexity index is 645. The minimum absolute atomic E-state index is 0.652. The molecule has 5 nitrogen and oxygen atoms in total. The van der Waals surface area contributed by atoms with Crippen molar-refractivity contribution in [1.82, 2.24) is 9.80 Å². The van der Waals surface area contributed by atoms with Crippen LogP contribution in [0.25, 0.3) is 0 Å². The first-order valence-electron chi connectivity index (χ1n) is 25.6. The van der Waals surface area contributed by atoms with E-state index in [9.17, 15) is 0 Å². The highest BCUT2D eigenvalue weighted by molar-refractivity contribution is 7.80. The Labute approximate surface area is 360 Å². The van der Waals surface area contributed by atoms with E-state index in [-0.39, 0.29) is 0 Å². The molecule has 0 radical (unpaired) electrons. The molecule has 0 fully saturated rings. The second kappa shape index (κ2) is 46.4. The second-order valence-corrected chi connectivity index (χ2v) is 20.4. The lowest BCUT2D eigenvalue weighted by molar-refractivity contribution is 0.0470. The molecular formula is C49H104N2O3SSi. The van der Waals surface area contributed by atoms with Gasteiger partial charge in [-0.25, -0.2) is 0 Å². The third-order valence-electron chi connectivity index (χ3n) is 11.8. The van der Waals surface area contributed by atoms with Gasteiger partial charge in [0.1, 0.15) is 0 Å². The van der Waals surface area contributed by atoms with Crippen molar-refractivity contribution in [2.24, 2.45) is 0 Å². The van der Waals surface area contributed by atoms with E-state index in [1.807, 2.05) is 0 Å². The summed E-state index contributed by atoms with van der Waals surface area (Å²) in [5.41, 5.74) is 0. The summed E-state index contributed by atoms with van der Waals surface area (Å²) in [7, 11) is -2.79. The molecule has 0 aliphatic heterocycles. The van der Waals surface area contributed by atoms with Crippen molar-refractivity contribution in [1.29, 1.82) is 0 Å². The third-order valence-corrected chi connectivity index (χ3v) is 15.1. The number of rotatable bonds is 49. The van der Waals surface area contributed by atoms with E-state index in [4.69, 9.17) is 13.3 Å². The van der Waals surface area contributed by atoms with E-state index in [1.165, 1.54) is 232 Å². The molecule has 0 spiro atoms. The van der Waals surface area contributed by atoms with Crippen LogP contribution in [0.5, 0.6) is 0 Å². The van der Waals surface area contributed by atoms with Crippen molar-refractivity contribution in [3.63, 3.8) is 0 Å². The highest BCUT2D eigenvalue weighted by Crippen LogP contribution is 2.20. The van der Waals surface area contributed by atoms with Crippen molar-refractivity contribution in [2.75, 3.05) is 64.8 Å². The molecule has 0 bridgehead atoms. The summed E-state index contributed by atoms with van der Waals surface area (Å²) in [4.78, 5) is 5.40. The Morgan fingerprint density at radius 2 is 0.589 bits per heavy atom. The van der Waals surface area contributed by atoms with Crippen molar-refractivity contribution < 1.29 is 13.3 Å². The number of nitrogens with zero attached hydrogens (tertiary/aromatic N) is 2. The predicted octanol–water partition coefficient (Wildman–Crippen LogP) is 15.5. The molecule has 0 saturated carbocycles. The van der Waals surface area contributed by atoms with Crippen LogP contribution in [-0.4, -0.2) is 83.4 Å². The fourth-order valence-electron chi connectivity index (χ4n) is 8.07. The van der Waals surface area contributed by atoms with Gasteiger partial charge < -0.3 is 23.1 Å². The molecule has 0 aromatic carbocycles. The van der Waals surface area contributed by atoms with Gasteiger partial charge in [-0.05, 0) is 71.0 Å². The molecule has 0 aliphatic rings. The van der Waals surface area contributed by atoms with Crippen LogP contribution in [0, 0.1) is 0 Å². The van der Waals surface area contributed by atoms with Gasteiger partial charge in [0.15, 0.2) is 0 Å². The Hall–Kier alpha value is 0.367. The largest absolute Gasteiger partial charge is 0.501 e. The zero-order chi connectivity index (χ0) is 40.9. The minimum Gasteiger partial charge on any atom is -0.374 e. The standard InChI is InChI=1S/C49H104N2O3SSi/c1-6-11-15-19-23-27-31-35-40-50(41-36-32-28-24-20-16-12-7-2)44-46-53-56(52-10-5,49-39-48-55)54-47-45-51(42-37-33-29-25-21-17-13-8-3)43-38-34-30-26-22-18-14-9-4/h55H,6-49H2,1-5H3. The van der Waals surface area contributed by atoms with Gasteiger partial charge in [-0.15, -0.1) is 0 Å². The highest BCUT2D eigenvalue weighted by Gasteiger charge is 2.40. The number of hydrogen-bond acceptors (Lipinski definition) is 6. The zero-order valence-corrected chi connectivity index (χ0v) is 41.1. The summed E-state index contributed by atoms with van der Waals surface area (Å²) in [5.74, 6) is 0.848. The minimum atomic E-state index is -2.79. The smallest absolute Gasteiger partial charge is 0.374 e. The van der Waals surface area contributed by atoms with E-state index in [1.54, 1.807) is 0 Å². The first-order chi connectivity index (χ1) is 27.6. The molecular weight excluding hydrogens is 725 g/mol. The normalized spacial score (nSPS) is 12.2. The maximum atomic E-state index is 6.86. The Kier molecular flexibility index (Phi) is 46.7. The molecule has 0 atom stereocenters. The Morgan fingerprint density at radius 3 is 0.839 bits per heavy atom. The Balaban J connectivity index is 5.20. The van der Waals surface area contributed by atoms with Crippen LogP contribution >= 0.6 is 12.6 Å². The van der Waals surface area contributed by atoms with Crippen LogP contribution in [0.1, 0.15) is 247 Å². The van der Waals surface area contributed by atoms with Crippen LogP contribution in [0.4, 0.5) is 0 Å². The molecule has 0 N–H and O–H groups in total. The lowest BCUT2D eigenvalue weighted by atomic mass is 10.1. The maximum absolute atomic E-state index is 6.86. The quantitative estimate of drug-likeness (QED) is 0.0375. The van der Waals surface area contributed by atoms with Crippen LogP contribution in [0.3, 0.4) is 0 Å². The third kappa shape index (κ3) is 38.6. The van der Waals surface area contributed by atoms with E-state index in [0.717, 1.165) is 31.3 Å². The molecule has 0 aliphatic carbocycles. The van der Waals surface area contributed by atoms with Crippen molar-refractivity contribution in [3.8, 4) is 0 Å². The van der Waals surface area contributed by atoms with Crippen molar-refractivity contribution >= 4 is 21.4 Å². The van der Waals surface area contributed by atoms with Crippen LogP contribution in [0.2, 0.25) is 6.04 Å². The van der Waals surface area contributed by atoms with Crippen LogP contribution < -0.4 is 0 Å². The van der Waals surface area contributed by atoms with E-state index in [2.05, 4.69) is 57.0 Å². The molecule has 0 amide bonds. The Morgan fingerprint density at radius 1 is 0.321 bits per heavy atom. The van der Waals surface area contributed by atoms with Gasteiger partial charge in [-0.3, -0.25) is 0 Å². The molecule has 56 heavy (non-hydrogen) atoms. The second-order valence-electron chi connectivity index (χ2n) is 17.2. The average Bonchev–Trinajstić information content (AvgIpc) is 3.20. The van der Waals surface area contributed by atoms with Crippen LogP contribution in [0.15, 0.2) is 0 Å². The van der Waals surface area contributed by atoms with E-state index in [0.29, 0.717) is 19.8 Å². The van der Waals surface area contributed by atoms with Gasteiger partial charge in [0.25, 0.3) is 0 Å². The number of unbranched alkanes of at least 4 members (excludes halogenated alkanes) is 28. The average molecular weight is 830 g/mol. The van der Waals surface area contributed by atoms with Gasteiger partial charge in [0, 0.05) is 25.7 Å². The summed E-state index contributed by atoms with van der Waals surface area (Å²) >= 11 is 4.60. The van der Waals surface area contributed by atoms with Gasteiger partial charge >= 0.3 is 8.80 Å². The first-order valence-corrected chi connectivity index (χ1v) is 28.1. The van der Waals surface area contributed by atoms with Gasteiger partial charge in [-0.1, -0.05) is 207 Å². The number of thiol groups is 1. The SMILES string of the molecule is CCCCCCCCCCN(CCCCCCCCCC)CCO[Si](CCCS)(OCC)OCCN(CCCCCCCCCC)CCCCCCCCCC. The molecule has 0 aromatic rings. The number of hydrogen-bond donors (Lipinski definition) is 1.